The third-order valence-electron chi connectivity index (χ3n) is 3.73. The number of nitrogens with zero attached hydrogens (tertiary/aromatic N) is 1. The zero-order valence-corrected chi connectivity index (χ0v) is 15.5. The Morgan fingerprint density at radius 2 is 2.04 bits per heavy atom. The summed E-state index contributed by atoms with van der Waals surface area (Å²) < 4.78 is 50.9. The second kappa shape index (κ2) is 7.87. The highest BCUT2D eigenvalue weighted by Gasteiger charge is 2.35. The summed E-state index contributed by atoms with van der Waals surface area (Å²) in [5, 5.41) is 19.5. The summed E-state index contributed by atoms with van der Waals surface area (Å²) >= 11 is 0. The minimum Gasteiger partial charge on any atom is -0.506 e. The van der Waals surface area contributed by atoms with Gasteiger partial charge in [-0.15, -0.1) is 0 Å². The number of nitrogens with one attached hydrogen (secondary N) is 2. The number of rotatable bonds is 8. The van der Waals surface area contributed by atoms with Crippen molar-refractivity contribution in [3.8, 4) is 5.75 Å². The fourth-order valence-corrected chi connectivity index (χ4v) is 4.39. The standard InChI is InChI=1S/C14H23N3O6S2/c1-24(20,21)15-8-4-2-3-5-11-6-7-12(13(18)9-11)17-10-14(19)16-25(17,22)23/h6-7,9,14-16,18-19H,2-5,8,10H2,1H3. The van der Waals surface area contributed by atoms with Crippen LogP contribution in [-0.2, 0) is 26.7 Å². The van der Waals surface area contributed by atoms with Gasteiger partial charge in [-0.25, -0.2) is 17.4 Å². The van der Waals surface area contributed by atoms with E-state index >= 15 is 0 Å². The van der Waals surface area contributed by atoms with Crippen molar-refractivity contribution < 1.29 is 27.0 Å². The summed E-state index contributed by atoms with van der Waals surface area (Å²) in [4.78, 5) is 0. The molecule has 0 bridgehead atoms. The number of aliphatic hydroxyl groups excluding tert-OH is 1. The molecule has 25 heavy (non-hydrogen) atoms. The molecule has 1 aliphatic heterocycles. The topological polar surface area (TPSA) is 136 Å². The number of sulfonamides is 1. The number of aromatic hydroxyl groups is 1. The Morgan fingerprint density at radius 1 is 1.32 bits per heavy atom. The number of phenolic OH excluding ortho intramolecular Hbond substituents is 1. The van der Waals surface area contributed by atoms with Crippen LogP contribution in [0.3, 0.4) is 0 Å². The molecule has 9 nitrogen and oxygen atoms in total. The Morgan fingerprint density at radius 3 is 2.60 bits per heavy atom. The van der Waals surface area contributed by atoms with Gasteiger partial charge in [0.2, 0.25) is 10.0 Å². The molecule has 0 aliphatic carbocycles. The van der Waals surface area contributed by atoms with Gasteiger partial charge < -0.3 is 10.2 Å². The van der Waals surface area contributed by atoms with Crippen LogP contribution in [0.2, 0.25) is 0 Å². The van der Waals surface area contributed by atoms with E-state index in [1.807, 2.05) is 4.72 Å². The number of β-amino-alcohol motifs (C(OH)–C–C–N with tert-alkyl or cyclic N) is 1. The highest BCUT2D eigenvalue weighted by molar-refractivity contribution is 7.91. The van der Waals surface area contributed by atoms with Crippen molar-refractivity contribution in [3.63, 3.8) is 0 Å². The van der Waals surface area contributed by atoms with Gasteiger partial charge in [0.25, 0.3) is 0 Å². The van der Waals surface area contributed by atoms with E-state index in [9.17, 15) is 27.0 Å². The van der Waals surface area contributed by atoms with Crippen LogP contribution >= 0.6 is 0 Å². The first kappa shape index (κ1) is 19.9. The second-order valence-electron chi connectivity index (χ2n) is 5.97. The number of unbranched alkanes of at least 4 members (excludes halogenated alkanes) is 2. The number of anilines is 1. The van der Waals surface area contributed by atoms with Crippen molar-refractivity contribution in [2.45, 2.75) is 31.9 Å². The van der Waals surface area contributed by atoms with Crippen LogP contribution in [0.25, 0.3) is 0 Å². The highest BCUT2D eigenvalue weighted by atomic mass is 32.2. The Labute approximate surface area is 147 Å². The molecule has 0 aromatic heterocycles. The van der Waals surface area contributed by atoms with Gasteiger partial charge in [0, 0.05) is 6.54 Å². The van der Waals surface area contributed by atoms with Crippen molar-refractivity contribution >= 4 is 25.9 Å². The average Bonchev–Trinajstić information content (AvgIpc) is 2.74. The normalized spacial score (nSPS) is 20.1. The van der Waals surface area contributed by atoms with E-state index < -0.39 is 26.5 Å². The van der Waals surface area contributed by atoms with Crippen LogP contribution in [-0.4, -0.2) is 52.6 Å². The third-order valence-corrected chi connectivity index (χ3v) is 5.95. The zero-order valence-electron chi connectivity index (χ0n) is 13.8. The SMILES string of the molecule is CS(=O)(=O)NCCCCCc1ccc(N2CC(O)NS2(=O)=O)c(O)c1. The number of benzene rings is 1. The Hall–Kier alpha value is -1.40. The van der Waals surface area contributed by atoms with E-state index in [1.54, 1.807) is 6.07 Å². The van der Waals surface area contributed by atoms with Crippen LogP contribution in [0.5, 0.6) is 5.75 Å². The van der Waals surface area contributed by atoms with Crippen molar-refractivity contribution in [2.75, 3.05) is 23.7 Å². The molecule has 0 spiro atoms. The van der Waals surface area contributed by atoms with Crippen molar-refractivity contribution in [1.29, 1.82) is 0 Å². The average molecular weight is 393 g/mol. The third kappa shape index (κ3) is 5.82. The van der Waals surface area contributed by atoms with Crippen molar-refractivity contribution in [2.24, 2.45) is 0 Å². The molecule has 0 radical (unpaired) electrons. The predicted molar refractivity (Wildman–Crippen MR) is 93.9 cm³/mol. The van der Waals surface area contributed by atoms with E-state index in [0.717, 1.165) is 29.0 Å². The van der Waals surface area contributed by atoms with Gasteiger partial charge in [-0.3, -0.25) is 0 Å². The number of hydrogen-bond donors (Lipinski definition) is 4. The zero-order chi connectivity index (χ0) is 18.7. The lowest BCUT2D eigenvalue weighted by Crippen LogP contribution is -2.30. The second-order valence-corrected chi connectivity index (χ2v) is 9.43. The first-order valence-corrected chi connectivity index (χ1v) is 11.2. The molecule has 0 amide bonds. The summed E-state index contributed by atoms with van der Waals surface area (Å²) in [5.74, 6) is -0.171. The maximum Gasteiger partial charge on any atom is 0.304 e. The molecule has 1 atom stereocenters. The van der Waals surface area contributed by atoms with E-state index in [4.69, 9.17) is 0 Å². The quantitative estimate of drug-likeness (QED) is 0.445. The van der Waals surface area contributed by atoms with Crippen molar-refractivity contribution in [1.82, 2.24) is 9.44 Å². The van der Waals surface area contributed by atoms with Gasteiger partial charge in [0.15, 0.2) is 0 Å². The Kier molecular flexibility index (Phi) is 6.27. The lowest BCUT2D eigenvalue weighted by molar-refractivity contribution is 0.183. The summed E-state index contributed by atoms with van der Waals surface area (Å²) in [6.45, 7) is 0.230. The van der Waals surface area contributed by atoms with E-state index in [1.165, 1.54) is 12.1 Å². The number of phenols is 1. The molecule has 142 valence electrons. The first-order chi connectivity index (χ1) is 11.6. The summed E-state index contributed by atoms with van der Waals surface area (Å²) in [6, 6.07) is 4.74. The fraction of sp³-hybridized carbons (Fsp3) is 0.571. The van der Waals surface area contributed by atoms with E-state index in [0.29, 0.717) is 19.4 Å². The molecule has 2 rings (SSSR count). The minimum atomic E-state index is -3.85. The molecule has 1 saturated heterocycles. The first-order valence-electron chi connectivity index (χ1n) is 7.83. The van der Waals surface area contributed by atoms with Crippen LogP contribution in [0.1, 0.15) is 24.8 Å². The number of aryl methyl sites for hydroxylation is 1. The smallest absolute Gasteiger partial charge is 0.304 e. The van der Waals surface area contributed by atoms with E-state index in [2.05, 4.69) is 4.72 Å². The Bertz CT molecular complexity index is 810. The van der Waals surface area contributed by atoms with Crippen LogP contribution in [0.15, 0.2) is 18.2 Å². The summed E-state index contributed by atoms with van der Waals surface area (Å²) in [7, 11) is -7.00. The van der Waals surface area contributed by atoms with Gasteiger partial charge in [0.1, 0.15) is 12.0 Å². The largest absolute Gasteiger partial charge is 0.506 e. The number of aliphatic hydroxyl groups is 1. The van der Waals surface area contributed by atoms with Crippen LogP contribution in [0, 0.1) is 0 Å². The molecular weight excluding hydrogens is 370 g/mol. The maximum absolute atomic E-state index is 11.8. The lowest BCUT2D eigenvalue weighted by Gasteiger charge is -2.17. The number of hydrogen-bond acceptors (Lipinski definition) is 6. The fourth-order valence-electron chi connectivity index (χ4n) is 2.58. The minimum absolute atomic E-state index is 0.116. The molecule has 0 saturated carbocycles. The maximum atomic E-state index is 11.8. The highest BCUT2D eigenvalue weighted by Crippen LogP contribution is 2.32. The van der Waals surface area contributed by atoms with Gasteiger partial charge >= 0.3 is 10.2 Å². The summed E-state index contributed by atoms with van der Waals surface area (Å²) in [6.07, 6.45) is 2.94. The van der Waals surface area contributed by atoms with Gasteiger partial charge in [-0.2, -0.15) is 13.1 Å². The molecule has 1 heterocycles. The van der Waals surface area contributed by atoms with Gasteiger partial charge in [0.05, 0.1) is 18.5 Å². The lowest BCUT2D eigenvalue weighted by atomic mass is 10.1. The molecule has 1 aliphatic rings. The van der Waals surface area contributed by atoms with E-state index in [-0.39, 0.29) is 18.0 Å². The summed E-state index contributed by atoms with van der Waals surface area (Å²) in [5.41, 5.74) is 0.965. The molecular formula is C14H23N3O6S2. The van der Waals surface area contributed by atoms with Crippen LogP contribution < -0.4 is 13.7 Å². The molecule has 4 N–H and O–H groups in total. The van der Waals surface area contributed by atoms with Crippen LogP contribution in [0.4, 0.5) is 5.69 Å². The molecule has 1 aromatic carbocycles. The molecule has 1 aromatic rings. The molecule has 11 heteroatoms. The predicted octanol–water partition coefficient (Wildman–Crippen LogP) is -0.373. The molecule has 1 fully saturated rings. The van der Waals surface area contributed by atoms with Gasteiger partial charge in [-0.1, -0.05) is 12.5 Å². The Balaban J connectivity index is 1.88. The molecule has 1 unspecified atom stereocenters. The van der Waals surface area contributed by atoms with Crippen molar-refractivity contribution in [3.05, 3.63) is 23.8 Å². The monoisotopic (exact) mass is 393 g/mol. The van der Waals surface area contributed by atoms with Gasteiger partial charge in [-0.05, 0) is 37.0 Å².